The summed E-state index contributed by atoms with van der Waals surface area (Å²) in [5, 5.41) is 12.2. The number of ether oxygens (including phenoxy) is 1. The molecule has 4 nitrogen and oxygen atoms in total. The lowest BCUT2D eigenvalue weighted by Crippen LogP contribution is -2.30. The number of carbonyl (C=O) groups is 1. The first-order valence-corrected chi connectivity index (χ1v) is 6.22. The molecule has 0 amide bonds. The number of hydrogen-bond donors (Lipinski definition) is 1. The van der Waals surface area contributed by atoms with Crippen LogP contribution in [0.15, 0.2) is 29.4 Å². The molecular weight excluding hydrogens is 230 g/mol. The van der Waals surface area contributed by atoms with E-state index in [2.05, 4.69) is 17.3 Å². The maximum atomic E-state index is 11.7. The molecule has 0 aliphatic heterocycles. The lowest BCUT2D eigenvalue weighted by molar-refractivity contribution is -0.135. The number of oxime groups is 1. The van der Waals surface area contributed by atoms with Crippen molar-refractivity contribution in [2.24, 2.45) is 11.1 Å². The van der Waals surface area contributed by atoms with E-state index in [1.807, 2.05) is 12.1 Å². The number of aryl methyl sites for hydroxylation is 1. The van der Waals surface area contributed by atoms with E-state index in [0.717, 1.165) is 19.3 Å². The monoisotopic (exact) mass is 247 g/mol. The zero-order valence-corrected chi connectivity index (χ0v) is 10.4. The van der Waals surface area contributed by atoms with Crippen LogP contribution < -0.4 is 0 Å². The lowest BCUT2D eigenvalue weighted by atomic mass is 9.81. The highest BCUT2D eigenvalue weighted by molar-refractivity contribution is 6.37. The fraction of sp³-hybridized carbons (Fsp3) is 0.429. The van der Waals surface area contributed by atoms with Gasteiger partial charge < -0.3 is 9.94 Å². The normalized spacial score (nSPS) is 19.2. The number of esters is 1. The Morgan fingerprint density at radius 3 is 2.83 bits per heavy atom. The van der Waals surface area contributed by atoms with Gasteiger partial charge >= 0.3 is 5.97 Å². The summed E-state index contributed by atoms with van der Waals surface area (Å²) in [4.78, 5) is 11.7. The fourth-order valence-corrected chi connectivity index (χ4v) is 2.43. The van der Waals surface area contributed by atoms with Crippen LogP contribution >= 0.6 is 0 Å². The summed E-state index contributed by atoms with van der Waals surface area (Å²) >= 11 is 0. The van der Waals surface area contributed by atoms with E-state index in [1.54, 1.807) is 6.92 Å². The molecule has 1 unspecified atom stereocenters. The maximum absolute atomic E-state index is 11.7. The molecule has 0 saturated heterocycles. The van der Waals surface area contributed by atoms with Gasteiger partial charge in [0, 0.05) is 5.92 Å². The number of nitrogens with zero attached hydrogens (tertiary/aromatic N) is 1. The number of fused-ring (bicyclic) bond motifs is 1. The van der Waals surface area contributed by atoms with Crippen LogP contribution in [0, 0.1) is 5.92 Å². The van der Waals surface area contributed by atoms with Gasteiger partial charge in [0.15, 0.2) is 5.71 Å². The Labute approximate surface area is 106 Å². The number of hydrogen-bond acceptors (Lipinski definition) is 4. The first-order chi connectivity index (χ1) is 8.76. The molecular formula is C14H17NO3. The van der Waals surface area contributed by atoms with Crippen LogP contribution in [-0.2, 0) is 22.4 Å². The van der Waals surface area contributed by atoms with Crippen LogP contribution in [0.2, 0.25) is 0 Å². The van der Waals surface area contributed by atoms with Crippen LogP contribution in [-0.4, -0.2) is 23.5 Å². The largest absolute Gasteiger partial charge is 0.461 e. The Kier molecular flexibility index (Phi) is 3.97. The molecule has 1 aliphatic rings. The van der Waals surface area contributed by atoms with Gasteiger partial charge in [-0.3, -0.25) is 0 Å². The minimum absolute atomic E-state index is 0.0519. The predicted molar refractivity (Wildman–Crippen MR) is 67.8 cm³/mol. The molecule has 0 radical (unpaired) electrons. The maximum Gasteiger partial charge on any atom is 0.356 e. The second-order valence-electron chi connectivity index (χ2n) is 4.41. The van der Waals surface area contributed by atoms with Crippen molar-refractivity contribution in [2.75, 3.05) is 6.61 Å². The standard InChI is InChI=1S/C14H17NO3/c1-2-18-14(16)13(15-17)12-8-7-10-5-3-4-6-11(10)9-12/h3-6,12,17H,2,7-9H2,1H3. The summed E-state index contributed by atoms with van der Waals surface area (Å²) in [6, 6.07) is 8.17. The van der Waals surface area contributed by atoms with E-state index in [9.17, 15) is 4.79 Å². The topological polar surface area (TPSA) is 58.9 Å². The van der Waals surface area contributed by atoms with Gasteiger partial charge in [-0.1, -0.05) is 29.4 Å². The van der Waals surface area contributed by atoms with E-state index in [0.29, 0.717) is 6.61 Å². The quantitative estimate of drug-likeness (QED) is 0.385. The molecule has 18 heavy (non-hydrogen) atoms. The van der Waals surface area contributed by atoms with Crippen molar-refractivity contribution in [3.8, 4) is 0 Å². The molecule has 0 saturated carbocycles. The summed E-state index contributed by atoms with van der Waals surface area (Å²) in [5.74, 6) is -0.562. The van der Waals surface area contributed by atoms with Gasteiger partial charge in [0.05, 0.1) is 6.61 Å². The third kappa shape index (κ3) is 2.53. The summed E-state index contributed by atoms with van der Waals surface area (Å²) in [6.45, 7) is 2.03. The highest BCUT2D eigenvalue weighted by Gasteiger charge is 2.28. The second-order valence-corrected chi connectivity index (χ2v) is 4.41. The van der Waals surface area contributed by atoms with E-state index in [-0.39, 0.29) is 11.6 Å². The van der Waals surface area contributed by atoms with E-state index in [4.69, 9.17) is 9.94 Å². The Hall–Kier alpha value is -1.84. The van der Waals surface area contributed by atoms with Crippen molar-refractivity contribution in [2.45, 2.75) is 26.2 Å². The third-order valence-corrected chi connectivity index (χ3v) is 3.33. The number of benzene rings is 1. The van der Waals surface area contributed by atoms with Gasteiger partial charge in [-0.15, -0.1) is 0 Å². The van der Waals surface area contributed by atoms with Crippen molar-refractivity contribution < 1.29 is 14.7 Å². The molecule has 0 heterocycles. The number of carbonyl (C=O) groups excluding carboxylic acids is 1. The van der Waals surface area contributed by atoms with Crippen molar-refractivity contribution in [3.05, 3.63) is 35.4 Å². The smallest absolute Gasteiger partial charge is 0.356 e. The SMILES string of the molecule is CCOC(=O)C(=NO)C1CCc2ccccc2C1. The Morgan fingerprint density at radius 1 is 1.44 bits per heavy atom. The van der Waals surface area contributed by atoms with Gasteiger partial charge in [0.25, 0.3) is 0 Å². The molecule has 1 atom stereocenters. The van der Waals surface area contributed by atoms with Crippen LogP contribution in [0.3, 0.4) is 0 Å². The Bertz CT molecular complexity index is 468. The molecule has 2 rings (SSSR count). The van der Waals surface area contributed by atoms with Crippen molar-refractivity contribution in [3.63, 3.8) is 0 Å². The Balaban J connectivity index is 2.14. The summed E-state index contributed by atoms with van der Waals surface area (Å²) in [6.07, 6.45) is 2.45. The van der Waals surface area contributed by atoms with Crippen molar-refractivity contribution in [1.29, 1.82) is 0 Å². The summed E-state index contributed by atoms with van der Waals surface area (Å²) in [7, 11) is 0. The lowest BCUT2D eigenvalue weighted by Gasteiger charge is -2.24. The van der Waals surface area contributed by atoms with Crippen LogP contribution in [0.5, 0.6) is 0 Å². The molecule has 1 aromatic rings. The molecule has 1 aromatic carbocycles. The highest BCUT2D eigenvalue weighted by atomic mass is 16.5. The zero-order valence-electron chi connectivity index (χ0n) is 10.4. The van der Waals surface area contributed by atoms with Gasteiger partial charge in [-0.05, 0) is 37.3 Å². The van der Waals surface area contributed by atoms with Crippen molar-refractivity contribution in [1.82, 2.24) is 0 Å². The Morgan fingerprint density at radius 2 is 2.17 bits per heavy atom. The molecule has 1 aliphatic carbocycles. The van der Waals surface area contributed by atoms with Crippen LogP contribution in [0.4, 0.5) is 0 Å². The molecule has 0 aromatic heterocycles. The minimum Gasteiger partial charge on any atom is -0.461 e. The van der Waals surface area contributed by atoms with E-state index in [1.165, 1.54) is 11.1 Å². The van der Waals surface area contributed by atoms with Gasteiger partial charge in [0.1, 0.15) is 0 Å². The summed E-state index contributed by atoms with van der Waals surface area (Å²) < 4.78 is 4.91. The fourth-order valence-electron chi connectivity index (χ4n) is 2.43. The van der Waals surface area contributed by atoms with E-state index < -0.39 is 5.97 Å². The first-order valence-electron chi connectivity index (χ1n) is 6.22. The molecule has 0 bridgehead atoms. The van der Waals surface area contributed by atoms with Crippen molar-refractivity contribution >= 4 is 11.7 Å². The molecule has 1 N–H and O–H groups in total. The highest BCUT2D eigenvalue weighted by Crippen LogP contribution is 2.26. The molecule has 0 fully saturated rings. The van der Waals surface area contributed by atoms with Gasteiger partial charge in [-0.2, -0.15) is 0 Å². The van der Waals surface area contributed by atoms with E-state index >= 15 is 0 Å². The molecule has 96 valence electrons. The molecule has 0 spiro atoms. The van der Waals surface area contributed by atoms with Gasteiger partial charge in [0.2, 0.25) is 0 Å². The number of rotatable bonds is 3. The first kappa shape index (κ1) is 12.6. The summed E-state index contributed by atoms with van der Waals surface area (Å²) in [5.41, 5.74) is 2.68. The molecule has 4 heteroatoms. The third-order valence-electron chi connectivity index (χ3n) is 3.33. The average Bonchev–Trinajstić information content (AvgIpc) is 2.40. The second kappa shape index (κ2) is 5.67. The average molecular weight is 247 g/mol. The van der Waals surface area contributed by atoms with Gasteiger partial charge in [-0.25, -0.2) is 4.79 Å². The minimum atomic E-state index is -0.510. The van der Waals surface area contributed by atoms with Crippen LogP contribution in [0.25, 0.3) is 0 Å². The predicted octanol–water partition coefficient (Wildman–Crippen LogP) is 2.18. The zero-order chi connectivity index (χ0) is 13.0. The van der Waals surface area contributed by atoms with Crippen LogP contribution in [0.1, 0.15) is 24.5 Å².